The van der Waals surface area contributed by atoms with Crippen molar-refractivity contribution in [2.75, 3.05) is 34.5 Å². The van der Waals surface area contributed by atoms with E-state index in [2.05, 4.69) is 6.58 Å². The Kier molecular flexibility index (Phi) is 22.7. The number of carbonyl (C=O) groups excluding carboxylic acids is 5. The molecule has 0 aromatic rings. The minimum absolute atomic E-state index is 0.0209. The molecule has 14 nitrogen and oxygen atoms in total. The molecule has 1 saturated carbocycles. The second-order valence-corrected chi connectivity index (χ2v) is 20.2. The average Bonchev–Trinajstić information content (AvgIpc) is 3.32. The van der Waals surface area contributed by atoms with Crippen molar-refractivity contribution in [3.05, 3.63) is 60.3 Å². The molecule has 3 heterocycles. The molecule has 2 N–H and O–H groups in total. The molecule has 1 aliphatic carbocycles. The number of ether oxygens (including phenoxy) is 6. The predicted molar refractivity (Wildman–Crippen MR) is 259 cm³/mol. The number of ketones is 3. The maximum atomic E-state index is 14.5. The quantitative estimate of drug-likeness (QED) is 0.133. The Balaban J connectivity index is 1.70. The fraction of sp³-hybridized carbons (Fsp3) is 0.722. The van der Waals surface area contributed by atoms with Gasteiger partial charge >= 0.3 is 5.97 Å². The molecule has 2 saturated heterocycles. The number of rotatable bonds is 9. The number of hydrogen-bond acceptors (Lipinski definition) is 13. The van der Waals surface area contributed by atoms with E-state index in [4.69, 9.17) is 28.4 Å². The van der Waals surface area contributed by atoms with E-state index in [0.29, 0.717) is 63.5 Å². The van der Waals surface area contributed by atoms with Crippen molar-refractivity contribution in [1.29, 1.82) is 0 Å². The van der Waals surface area contributed by atoms with E-state index in [9.17, 15) is 34.2 Å². The minimum atomic E-state index is -2.43. The molecule has 4 aliphatic rings. The maximum absolute atomic E-state index is 14.5. The number of piperidine rings is 1. The van der Waals surface area contributed by atoms with E-state index in [-0.39, 0.29) is 60.9 Å². The van der Waals surface area contributed by atoms with Crippen LogP contribution < -0.4 is 0 Å². The summed E-state index contributed by atoms with van der Waals surface area (Å²) in [6.07, 6.45) is 14.2. The van der Waals surface area contributed by atoms with Crippen LogP contribution in [0.25, 0.3) is 0 Å². The van der Waals surface area contributed by atoms with Gasteiger partial charge in [-0.2, -0.15) is 0 Å². The number of cyclic esters (lactones) is 1. The molecule has 3 fully saturated rings. The molecule has 4 rings (SSSR count). The number of Topliss-reactive ketones (excluding diaryl/α,β-unsaturated/α-hetero) is 3. The standard InChI is InChI=1S/C54H83NO13/c1-12-26-66-44-24-22-40(30-47(44)64-10)29-36(5)46-32-43(56)35(4)28-38(7)49(58)50(65-11)48(57)37(6)27-33(2)18-14-13-15-19-34(3)45(63-9)31-41-23-21-39(8)54(62,68-41)51(59)52(60)55-25-17-16-20-42(55)53(61)67-46/h12-15,18-19,28,33,35-37,39-42,44-47,49-50,58,62H,1,16-17,20-27,29-32H2,2-11H3/b15-13+,18-14+,34-19+,38-28+/t33-,35-,36-,37-,39-,40-,41+,42+,44-,45+,46+,47-,49-,50+,54-/m1/s1. The summed E-state index contributed by atoms with van der Waals surface area (Å²) in [5.41, 5.74) is 1.28. The van der Waals surface area contributed by atoms with Gasteiger partial charge in [0.25, 0.3) is 11.7 Å². The van der Waals surface area contributed by atoms with Gasteiger partial charge in [-0.1, -0.05) is 77.2 Å². The Morgan fingerprint density at radius 3 is 2.29 bits per heavy atom. The summed E-state index contributed by atoms with van der Waals surface area (Å²) in [5.74, 6) is -7.81. The first-order valence-electron chi connectivity index (χ1n) is 25.0. The summed E-state index contributed by atoms with van der Waals surface area (Å²) in [6, 6.07) is -1.13. The predicted octanol–water partition coefficient (Wildman–Crippen LogP) is 7.39. The Labute approximate surface area is 405 Å². The van der Waals surface area contributed by atoms with Gasteiger partial charge in [-0.05, 0) is 107 Å². The van der Waals surface area contributed by atoms with Crippen molar-refractivity contribution in [2.24, 2.45) is 35.5 Å². The Morgan fingerprint density at radius 1 is 0.882 bits per heavy atom. The molecule has 1 amide bonds. The van der Waals surface area contributed by atoms with Crippen LogP contribution in [0, 0.1) is 35.5 Å². The molecule has 382 valence electrons. The number of nitrogens with zero attached hydrogens (tertiary/aromatic N) is 1. The van der Waals surface area contributed by atoms with Gasteiger partial charge in [0, 0.05) is 58.5 Å². The van der Waals surface area contributed by atoms with Gasteiger partial charge in [0.2, 0.25) is 5.79 Å². The smallest absolute Gasteiger partial charge is 0.329 e. The van der Waals surface area contributed by atoms with E-state index in [0.717, 1.165) is 18.4 Å². The zero-order valence-corrected chi connectivity index (χ0v) is 42.6. The van der Waals surface area contributed by atoms with E-state index in [1.807, 2.05) is 58.1 Å². The Hall–Kier alpha value is -3.63. The summed E-state index contributed by atoms with van der Waals surface area (Å²) < 4.78 is 35.8. The van der Waals surface area contributed by atoms with Crippen molar-refractivity contribution in [3.63, 3.8) is 0 Å². The molecule has 3 aliphatic heterocycles. The molecule has 0 aromatic carbocycles. The van der Waals surface area contributed by atoms with E-state index >= 15 is 0 Å². The summed E-state index contributed by atoms with van der Waals surface area (Å²) >= 11 is 0. The van der Waals surface area contributed by atoms with Gasteiger partial charge < -0.3 is 43.5 Å². The van der Waals surface area contributed by atoms with Crippen LogP contribution in [-0.2, 0) is 52.4 Å². The second-order valence-electron chi connectivity index (χ2n) is 20.2. The number of hydrogen-bond donors (Lipinski definition) is 2. The first-order valence-corrected chi connectivity index (χ1v) is 25.0. The highest BCUT2D eigenvalue weighted by molar-refractivity contribution is 6.39. The lowest BCUT2D eigenvalue weighted by molar-refractivity contribution is -0.265. The van der Waals surface area contributed by atoms with Gasteiger partial charge in [-0.25, -0.2) is 4.79 Å². The van der Waals surface area contributed by atoms with E-state index < -0.39 is 77.8 Å². The van der Waals surface area contributed by atoms with Crippen LogP contribution in [0.1, 0.15) is 126 Å². The largest absolute Gasteiger partial charge is 0.460 e. The molecule has 14 heteroatoms. The zero-order chi connectivity index (χ0) is 50.3. The van der Waals surface area contributed by atoms with Crippen molar-refractivity contribution in [3.8, 4) is 0 Å². The molecule has 0 radical (unpaired) electrons. The third kappa shape index (κ3) is 15.2. The first-order chi connectivity index (χ1) is 32.3. The third-order valence-corrected chi connectivity index (χ3v) is 14.9. The van der Waals surface area contributed by atoms with Gasteiger partial charge in [0.05, 0.1) is 31.0 Å². The average molecular weight is 954 g/mol. The highest BCUT2D eigenvalue weighted by atomic mass is 16.6. The number of aliphatic hydroxyl groups is 2. The molecule has 0 aromatic heterocycles. The summed E-state index contributed by atoms with van der Waals surface area (Å²) in [6.45, 7) is 17.0. The Morgan fingerprint density at radius 2 is 1.62 bits per heavy atom. The number of fused-ring (bicyclic) bond motifs is 3. The summed E-state index contributed by atoms with van der Waals surface area (Å²) in [4.78, 5) is 72.2. The monoisotopic (exact) mass is 954 g/mol. The molecular formula is C54H83NO13. The number of carbonyl (C=O) groups is 5. The number of allylic oxidation sites excluding steroid dienone is 6. The zero-order valence-electron chi connectivity index (χ0n) is 42.6. The van der Waals surface area contributed by atoms with Gasteiger partial charge in [0.1, 0.15) is 30.1 Å². The normalized spacial score (nSPS) is 39.1. The Bertz CT molecular complexity index is 1840. The minimum Gasteiger partial charge on any atom is -0.460 e. The van der Waals surface area contributed by atoms with Crippen LogP contribution >= 0.6 is 0 Å². The third-order valence-electron chi connectivity index (χ3n) is 14.9. The van der Waals surface area contributed by atoms with Crippen LogP contribution in [0.3, 0.4) is 0 Å². The SMILES string of the molecule is C=CCO[C@@H]1CC[C@H](C[C@@H](C)[C@@H]2CC(=O)[C@H](C)/C=C(\C)[C@@H](O)[C@@H](OC)C(=O)[C@H](C)C[C@H](C)/C=C/C=C/C=C(\C)[C@@H](OC)C[C@@H]3CC[C@@H](C)[C@@](O)(O3)C(=O)C(=O)N3CCCC[C@H]3C(=O)O2)C[C@H]1OC. The number of aliphatic hydroxyl groups excluding tert-OH is 1. The van der Waals surface area contributed by atoms with E-state index in [1.54, 1.807) is 47.1 Å². The van der Waals surface area contributed by atoms with Crippen molar-refractivity contribution in [2.45, 2.75) is 180 Å². The first kappa shape index (κ1) is 57.0. The lowest BCUT2D eigenvalue weighted by atomic mass is 9.78. The van der Waals surface area contributed by atoms with Crippen molar-refractivity contribution < 1.29 is 62.6 Å². The summed E-state index contributed by atoms with van der Waals surface area (Å²) in [5, 5.41) is 23.5. The van der Waals surface area contributed by atoms with Crippen LogP contribution in [-0.4, -0.2) is 133 Å². The summed E-state index contributed by atoms with van der Waals surface area (Å²) in [7, 11) is 4.63. The van der Waals surface area contributed by atoms with E-state index in [1.165, 1.54) is 12.0 Å². The number of methoxy groups -OCH3 is 3. The van der Waals surface area contributed by atoms with Crippen molar-refractivity contribution >= 4 is 29.2 Å². The number of amides is 1. The van der Waals surface area contributed by atoms with Crippen molar-refractivity contribution in [1.82, 2.24) is 4.90 Å². The fourth-order valence-electron chi connectivity index (χ4n) is 10.5. The highest BCUT2D eigenvalue weighted by Crippen LogP contribution is 2.38. The molecule has 0 spiro atoms. The van der Waals surface area contributed by atoms with Gasteiger partial charge in [-0.3, -0.25) is 19.2 Å². The van der Waals surface area contributed by atoms with Crippen LogP contribution in [0.5, 0.6) is 0 Å². The molecule has 2 bridgehead atoms. The second kappa shape index (κ2) is 27.1. The topological polar surface area (TPSA) is 184 Å². The van der Waals surface area contributed by atoms with Crippen LogP contribution in [0.15, 0.2) is 60.3 Å². The molecule has 68 heavy (non-hydrogen) atoms. The van der Waals surface area contributed by atoms with Crippen LogP contribution in [0.2, 0.25) is 0 Å². The highest BCUT2D eigenvalue weighted by Gasteiger charge is 2.53. The lowest BCUT2D eigenvalue weighted by Crippen LogP contribution is -2.61. The van der Waals surface area contributed by atoms with Gasteiger partial charge in [-0.15, -0.1) is 6.58 Å². The fourth-order valence-corrected chi connectivity index (χ4v) is 10.5. The van der Waals surface area contributed by atoms with Crippen LogP contribution in [0.4, 0.5) is 0 Å². The lowest BCUT2D eigenvalue weighted by Gasteiger charge is -2.42. The molecular weight excluding hydrogens is 871 g/mol. The molecule has 0 unspecified atom stereocenters. The van der Waals surface area contributed by atoms with Gasteiger partial charge in [0.15, 0.2) is 5.78 Å². The maximum Gasteiger partial charge on any atom is 0.329 e. The molecule has 15 atom stereocenters. The number of esters is 1.